The van der Waals surface area contributed by atoms with Gasteiger partial charge in [0.15, 0.2) is 5.65 Å². The normalized spacial score (nSPS) is 22.1. The molecule has 1 saturated carbocycles. The number of amides is 2. The summed E-state index contributed by atoms with van der Waals surface area (Å²) in [4.78, 5) is 38.0. The van der Waals surface area contributed by atoms with Crippen molar-refractivity contribution in [2.75, 3.05) is 25.5 Å². The quantitative estimate of drug-likeness (QED) is 0.642. The van der Waals surface area contributed by atoms with Crippen LogP contribution in [0.3, 0.4) is 0 Å². The lowest BCUT2D eigenvalue weighted by molar-refractivity contribution is -0.129. The molecular formula is C19H24N6O3. The molecule has 2 amide bonds. The Kier molecular flexibility index (Phi) is 4.99. The van der Waals surface area contributed by atoms with Gasteiger partial charge < -0.3 is 25.3 Å². The van der Waals surface area contributed by atoms with Crippen LogP contribution in [0.5, 0.6) is 0 Å². The van der Waals surface area contributed by atoms with Crippen molar-refractivity contribution in [1.29, 1.82) is 0 Å². The van der Waals surface area contributed by atoms with Crippen molar-refractivity contribution in [1.82, 2.24) is 25.2 Å². The van der Waals surface area contributed by atoms with Gasteiger partial charge in [-0.1, -0.05) is 6.58 Å². The van der Waals surface area contributed by atoms with Crippen LogP contribution in [0.2, 0.25) is 0 Å². The SMILES string of the molecule is C=CC(=O)N1CC[C@H](Nc2cnc3[nH]cc(C(=O)NC4CC4)c3n2)C(OC)C1. The molecule has 1 aliphatic heterocycles. The number of carbonyl (C=O) groups excluding carboxylic acids is 2. The van der Waals surface area contributed by atoms with E-state index in [1.807, 2.05) is 0 Å². The van der Waals surface area contributed by atoms with Crippen LogP contribution >= 0.6 is 0 Å². The lowest BCUT2D eigenvalue weighted by atomic mass is 10.0. The third-order valence-corrected chi connectivity index (χ3v) is 5.22. The van der Waals surface area contributed by atoms with Crippen molar-refractivity contribution in [2.45, 2.75) is 37.5 Å². The summed E-state index contributed by atoms with van der Waals surface area (Å²) in [5.74, 6) is 0.342. The number of fused-ring (bicyclic) bond motifs is 1. The number of nitrogens with one attached hydrogen (secondary N) is 3. The molecule has 0 bridgehead atoms. The molecule has 28 heavy (non-hydrogen) atoms. The molecule has 1 saturated heterocycles. The molecule has 9 heteroatoms. The summed E-state index contributed by atoms with van der Waals surface area (Å²) < 4.78 is 5.58. The van der Waals surface area contributed by atoms with E-state index in [-0.39, 0.29) is 30.0 Å². The van der Waals surface area contributed by atoms with E-state index in [0.717, 1.165) is 12.8 Å². The van der Waals surface area contributed by atoms with E-state index in [2.05, 4.69) is 32.2 Å². The lowest BCUT2D eigenvalue weighted by Crippen LogP contribution is -2.52. The summed E-state index contributed by atoms with van der Waals surface area (Å²) in [6, 6.07) is 0.255. The minimum atomic E-state index is -0.181. The predicted molar refractivity (Wildman–Crippen MR) is 104 cm³/mol. The summed E-state index contributed by atoms with van der Waals surface area (Å²) in [7, 11) is 1.63. The van der Waals surface area contributed by atoms with E-state index in [4.69, 9.17) is 4.74 Å². The van der Waals surface area contributed by atoms with E-state index in [0.29, 0.717) is 42.1 Å². The predicted octanol–water partition coefficient (Wildman–Crippen LogP) is 1.06. The summed E-state index contributed by atoms with van der Waals surface area (Å²) in [5, 5.41) is 6.33. The first-order valence-electron chi connectivity index (χ1n) is 9.44. The Morgan fingerprint density at radius 2 is 2.21 bits per heavy atom. The first kappa shape index (κ1) is 18.4. The summed E-state index contributed by atoms with van der Waals surface area (Å²) in [6.45, 7) is 4.63. The van der Waals surface area contributed by atoms with Gasteiger partial charge in [-0.15, -0.1) is 0 Å². The molecule has 2 aliphatic rings. The van der Waals surface area contributed by atoms with Crippen LogP contribution in [0, 0.1) is 0 Å². The smallest absolute Gasteiger partial charge is 0.255 e. The lowest BCUT2D eigenvalue weighted by Gasteiger charge is -2.37. The summed E-state index contributed by atoms with van der Waals surface area (Å²) in [5.41, 5.74) is 1.60. The van der Waals surface area contributed by atoms with Gasteiger partial charge in [-0.2, -0.15) is 0 Å². The van der Waals surface area contributed by atoms with Crippen LogP contribution in [0.25, 0.3) is 11.2 Å². The standard InChI is InChI=1S/C19H24N6O3/c1-3-16(26)25-7-6-13(14(10-25)28-2)23-15-9-21-18-17(24-15)12(8-20-18)19(27)22-11-4-5-11/h3,8-9,11,13-14H,1,4-7,10H2,2H3,(H,20,21)(H,22,27)(H,23,24)/t13-,14?/m0/s1. The van der Waals surface area contributed by atoms with Gasteiger partial charge in [0, 0.05) is 32.4 Å². The number of carbonyl (C=O) groups is 2. The molecule has 2 atom stereocenters. The van der Waals surface area contributed by atoms with Crippen LogP contribution in [-0.4, -0.2) is 70.1 Å². The third kappa shape index (κ3) is 3.70. The largest absolute Gasteiger partial charge is 0.377 e. The van der Waals surface area contributed by atoms with Gasteiger partial charge in [-0.3, -0.25) is 9.59 Å². The highest BCUT2D eigenvalue weighted by Gasteiger charge is 2.31. The molecule has 0 aromatic carbocycles. The number of methoxy groups -OCH3 is 1. The number of anilines is 1. The van der Waals surface area contributed by atoms with E-state index in [9.17, 15) is 9.59 Å². The second kappa shape index (κ2) is 7.59. The monoisotopic (exact) mass is 384 g/mol. The molecule has 1 aliphatic carbocycles. The zero-order valence-electron chi connectivity index (χ0n) is 15.8. The average Bonchev–Trinajstić information content (AvgIpc) is 3.43. The Balaban J connectivity index is 1.50. The maximum absolute atomic E-state index is 12.4. The van der Waals surface area contributed by atoms with Crippen LogP contribution < -0.4 is 10.6 Å². The highest BCUT2D eigenvalue weighted by molar-refractivity contribution is 6.04. The topological polar surface area (TPSA) is 112 Å². The number of ether oxygens (including phenoxy) is 1. The molecular weight excluding hydrogens is 360 g/mol. The first-order chi connectivity index (χ1) is 13.6. The Hall–Kier alpha value is -2.94. The van der Waals surface area contributed by atoms with Gasteiger partial charge >= 0.3 is 0 Å². The zero-order valence-corrected chi connectivity index (χ0v) is 15.8. The number of H-pyrrole nitrogens is 1. The van der Waals surface area contributed by atoms with Crippen molar-refractivity contribution < 1.29 is 14.3 Å². The molecule has 148 valence electrons. The fourth-order valence-corrected chi connectivity index (χ4v) is 3.46. The summed E-state index contributed by atoms with van der Waals surface area (Å²) >= 11 is 0. The summed E-state index contributed by atoms with van der Waals surface area (Å²) in [6.07, 6.45) is 7.17. The first-order valence-corrected chi connectivity index (χ1v) is 9.44. The molecule has 0 spiro atoms. The number of hydrogen-bond acceptors (Lipinski definition) is 6. The van der Waals surface area contributed by atoms with Gasteiger partial charge in [0.05, 0.1) is 23.9 Å². The van der Waals surface area contributed by atoms with Crippen molar-refractivity contribution in [3.05, 3.63) is 30.6 Å². The number of hydrogen-bond donors (Lipinski definition) is 3. The van der Waals surface area contributed by atoms with Gasteiger partial charge in [0.25, 0.3) is 5.91 Å². The van der Waals surface area contributed by atoms with Crippen molar-refractivity contribution in [3.8, 4) is 0 Å². The molecule has 3 heterocycles. The van der Waals surface area contributed by atoms with Gasteiger partial charge in [0.1, 0.15) is 11.3 Å². The Morgan fingerprint density at radius 1 is 1.39 bits per heavy atom. The number of rotatable bonds is 6. The number of nitrogens with zero attached hydrogens (tertiary/aromatic N) is 3. The van der Waals surface area contributed by atoms with E-state index >= 15 is 0 Å². The van der Waals surface area contributed by atoms with Gasteiger partial charge in [-0.05, 0) is 25.3 Å². The minimum Gasteiger partial charge on any atom is -0.377 e. The molecule has 3 N–H and O–H groups in total. The van der Waals surface area contributed by atoms with E-state index in [1.165, 1.54) is 6.08 Å². The highest BCUT2D eigenvalue weighted by atomic mass is 16.5. The third-order valence-electron chi connectivity index (χ3n) is 5.22. The van der Waals surface area contributed by atoms with Crippen LogP contribution in [-0.2, 0) is 9.53 Å². The van der Waals surface area contributed by atoms with Gasteiger partial charge in [-0.25, -0.2) is 9.97 Å². The maximum Gasteiger partial charge on any atom is 0.255 e. The molecule has 2 aromatic heterocycles. The average molecular weight is 384 g/mol. The second-order valence-corrected chi connectivity index (χ2v) is 7.20. The van der Waals surface area contributed by atoms with E-state index in [1.54, 1.807) is 24.4 Å². The van der Waals surface area contributed by atoms with Crippen LogP contribution in [0.15, 0.2) is 25.0 Å². The number of piperidine rings is 1. The number of aromatic nitrogens is 3. The molecule has 9 nitrogen and oxygen atoms in total. The Bertz CT molecular complexity index is 906. The Morgan fingerprint density at radius 3 is 2.93 bits per heavy atom. The zero-order chi connectivity index (χ0) is 19.7. The van der Waals surface area contributed by atoms with Gasteiger partial charge in [0.2, 0.25) is 5.91 Å². The number of likely N-dealkylation sites (tertiary alicyclic amines) is 1. The highest BCUT2D eigenvalue weighted by Crippen LogP contribution is 2.23. The van der Waals surface area contributed by atoms with Crippen molar-refractivity contribution in [3.63, 3.8) is 0 Å². The molecule has 4 rings (SSSR count). The molecule has 2 aromatic rings. The van der Waals surface area contributed by atoms with E-state index < -0.39 is 0 Å². The van der Waals surface area contributed by atoms with Crippen molar-refractivity contribution in [2.24, 2.45) is 0 Å². The second-order valence-electron chi connectivity index (χ2n) is 7.20. The minimum absolute atomic E-state index is 0.0201. The fourth-order valence-electron chi connectivity index (χ4n) is 3.46. The molecule has 1 unspecified atom stereocenters. The van der Waals surface area contributed by atoms with Crippen LogP contribution in [0.1, 0.15) is 29.6 Å². The maximum atomic E-state index is 12.4. The fraction of sp³-hybridized carbons (Fsp3) is 0.474. The number of aromatic amines is 1. The molecule has 0 radical (unpaired) electrons. The molecule has 2 fully saturated rings. The van der Waals surface area contributed by atoms with Crippen molar-refractivity contribution >= 4 is 28.8 Å². The van der Waals surface area contributed by atoms with Crippen LogP contribution in [0.4, 0.5) is 5.82 Å². The Labute approximate surface area is 162 Å².